The van der Waals surface area contributed by atoms with Crippen molar-refractivity contribution in [2.24, 2.45) is 7.05 Å². The molecule has 0 unspecified atom stereocenters. The smallest absolute Gasteiger partial charge is 0.352 e. The average Bonchev–Trinajstić information content (AvgIpc) is 2.76. The maximum atomic E-state index is 11.6. The molecule has 100 valence electrons. The predicted octanol–water partition coefficient (Wildman–Crippen LogP) is 0.337. The summed E-state index contributed by atoms with van der Waals surface area (Å²) in [4.78, 5) is 26.9. The first kappa shape index (κ1) is 12.9. The largest absolute Gasteiger partial charge is 0.491 e. The van der Waals surface area contributed by atoms with Crippen LogP contribution in [0, 0.1) is 0 Å². The van der Waals surface area contributed by atoms with Crippen LogP contribution >= 0.6 is 0 Å². The topological polar surface area (TPSA) is 86.3 Å². The number of hydrogen-bond donors (Lipinski definition) is 1. The van der Waals surface area contributed by atoms with Crippen molar-refractivity contribution in [3.05, 3.63) is 46.4 Å². The maximum absolute atomic E-state index is 11.6. The van der Waals surface area contributed by atoms with E-state index in [1.165, 1.54) is 17.9 Å². The number of nitrogens with zero attached hydrogens (tertiary/aromatic N) is 3. The zero-order chi connectivity index (χ0) is 14.0. The molecule has 2 heterocycles. The summed E-state index contributed by atoms with van der Waals surface area (Å²) in [7, 11) is 3.17. The average molecular weight is 263 g/mol. The van der Waals surface area contributed by atoms with E-state index in [-0.39, 0.29) is 18.0 Å². The quantitative estimate of drug-likeness (QED) is 0.859. The summed E-state index contributed by atoms with van der Waals surface area (Å²) >= 11 is 0. The standard InChI is InChI=1S/C12H13N3O4/c1-14-4-3-13-11(14)7-15-6-10(19-2)9(16)5-8(15)12(17)18/h3-6H,7H2,1-2H3,(H,17,18). The molecule has 0 spiro atoms. The molecule has 7 heteroatoms. The lowest BCUT2D eigenvalue weighted by Crippen LogP contribution is -2.19. The van der Waals surface area contributed by atoms with Gasteiger partial charge in [0.25, 0.3) is 0 Å². The summed E-state index contributed by atoms with van der Waals surface area (Å²) < 4.78 is 8.11. The minimum absolute atomic E-state index is 0.0965. The second-order valence-corrected chi connectivity index (χ2v) is 3.98. The van der Waals surface area contributed by atoms with Crippen molar-refractivity contribution in [3.8, 4) is 5.75 Å². The lowest BCUT2D eigenvalue weighted by Gasteiger charge is -2.12. The first-order valence-electron chi connectivity index (χ1n) is 5.51. The molecule has 0 radical (unpaired) electrons. The maximum Gasteiger partial charge on any atom is 0.352 e. The Morgan fingerprint density at radius 3 is 2.79 bits per heavy atom. The Morgan fingerprint density at radius 1 is 1.53 bits per heavy atom. The first-order chi connectivity index (χ1) is 9.02. The lowest BCUT2D eigenvalue weighted by atomic mass is 10.3. The van der Waals surface area contributed by atoms with Crippen LogP contribution in [-0.4, -0.2) is 32.3 Å². The van der Waals surface area contributed by atoms with E-state index in [1.807, 2.05) is 7.05 Å². The van der Waals surface area contributed by atoms with E-state index >= 15 is 0 Å². The zero-order valence-electron chi connectivity index (χ0n) is 10.5. The van der Waals surface area contributed by atoms with Gasteiger partial charge in [-0.15, -0.1) is 0 Å². The van der Waals surface area contributed by atoms with E-state index in [4.69, 9.17) is 9.84 Å². The van der Waals surface area contributed by atoms with Crippen LogP contribution in [0.25, 0.3) is 0 Å². The number of imidazole rings is 1. The molecule has 0 aliphatic rings. The van der Waals surface area contributed by atoms with Crippen LogP contribution in [-0.2, 0) is 13.6 Å². The van der Waals surface area contributed by atoms with E-state index in [0.29, 0.717) is 5.82 Å². The van der Waals surface area contributed by atoms with Crippen LogP contribution in [0.3, 0.4) is 0 Å². The molecule has 0 saturated carbocycles. The molecule has 1 N–H and O–H groups in total. The Hall–Kier alpha value is -2.57. The molecule has 2 rings (SSSR count). The fourth-order valence-corrected chi connectivity index (χ4v) is 1.72. The Balaban J connectivity index is 2.51. The van der Waals surface area contributed by atoms with Crippen molar-refractivity contribution in [3.63, 3.8) is 0 Å². The molecule has 0 aliphatic carbocycles. The molecule has 0 aliphatic heterocycles. The highest BCUT2D eigenvalue weighted by Gasteiger charge is 2.14. The summed E-state index contributed by atoms with van der Waals surface area (Å²) in [5.41, 5.74) is -0.565. The van der Waals surface area contributed by atoms with Crippen molar-refractivity contribution in [1.29, 1.82) is 0 Å². The van der Waals surface area contributed by atoms with Crippen molar-refractivity contribution in [2.45, 2.75) is 6.54 Å². The number of ether oxygens (including phenoxy) is 1. The molecule has 19 heavy (non-hydrogen) atoms. The van der Waals surface area contributed by atoms with Crippen LogP contribution in [0.5, 0.6) is 5.75 Å². The van der Waals surface area contributed by atoms with Gasteiger partial charge in [-0.3, -0.25) is 4.79 Å². The van der Waals surface area contributed by atoms with E-state index in [0.717, 1.165) is 6.07 Å². The molecule has 0 saturated heterocycles. The van der Waals surface area contributed by atoms with Gasteiger partial charge in [-0.05, 0) is 0 Å². The molecule has 7 nitrogen and oxygen atoms in total. The summed E-state index contributed by atoms with van der Waals surface area (Å²) in [5, 5.41) is 9.12. The molecule has 0 atom stereocenters. The first-order valence-corrected chi connectivity index (χ1v) is 5.51. The monoisotopic (exact) mass is 263 g/mol. The molecule has 0 aromatic carbocycles. The van der Waals surface area contributed by atoms with Gasteiger partial charge in [0.15, 0.2) is 5.75 Å². The summed E-state index contributed by atoms with van der Waals surface area (Å²) in [5.74, 6) is -0.402. The lowest BCUT2D eigenvalue weighted by molar-refractivity contribution is 0.0684. The van der Waals surface area contributed by atoms with Crippen molar-refractivity contribution >= 4 is 5.97 Å². The normalized spacial score (nSPS) is 10.4. The van der Waals surface area contributed by atoms with Crippen LogP contribution in [0.2, 0.25) is 0 Å². The molecule has 0 fully saturated rings. The summed E-state index contributed by atoms with van der Waals surface area (Å²) in [6, 6.07) is 1.05. The number of pyridine rings is 1. The number of carbonyl (C=O) groups is 1. The third-order valence-corrected chi connectivity index (χ3v) is 2.76. The molecular formula is C12H13N3O4. The SMILES string of the molecule is COc1cn(Cc2nccn2C)c(C(=O)O)cc1=O. The zero-order valence-corrected chi connectivity index (χ0v) is 10.5. The van der Waals surface area contributed by atoms with Gasteiger partial charge in [0.2, 0.25) is 5.43 Å². The Morgan fingerprint density at radius 2 is 2.26 bits per heavy atom. The Bertz CT molecular complexity index is 672. The van der Waals surface area contributed by atoms with Gasteiger partial charge in [-0.2, -0.15) is 0 Å². The molecule has 0 bridgehead atoms. The second kappa shape index (κ2) is 4.97. The predicted molar refractivity (Wildman–Crippen MR) is 66.5 cm³/mol. The summed E-state index contributed by atoms with van der Waals surface area (Å²) in [6.07, 6.45) is 4.76. The van der Waals surface area contributed by atoms with Crippen LogP contribution in [0.4, 0.5) is 0 Å². The Kier molecular flexibility index (Phi) is 3.37. The van der Waals surface area contributed by atoms with Gasteiger partial charge >= 0.3 is 5.97 Å². The minimum Gasteiger partial charge on any atom is -0.491 e. The number of rotatable bonds is 4. The molecule has 0 amide bonds. The van der Waals surface area contributed by atoms with Gasteiger partial charge in [-0.1, -0.05) is 0 Å². The van der Waals surface area contributed by atoms with E-state index in [9.17, 15) is 9.59 Å². The number of aromatic nitrogens is 3. The summed E-state index contributed by atoms with van der Waals surface area (Å²) in [6.45, 7) is 0.238. The Labute approximate surface area is 108 Å². The third-order valence-electron chi connectivity index (χ3n) is 2.76. The van der Waals surface area contributed by atoms with E-state index < -0.39 is 11.4 Å². The number of hydrogen-bond acceptors (Lipinski definition) is 4. The highest BCUT2D eigenvalue weighted by atomic mass is 16.5. The molecule has 2 aromatic rings. The van der Waals surface area contributed by atoms with Gasteiger partial charge in [0.1, 0.15) is 11.5 Å². The van der Waals surface area contributed by atoms with E-state index in [1.54, 1.807) is 17.0 Å². The van der Waals surface area contributed by atoms with Crippen molar-refractivity contribution in [1.82, 2.24) is 14.1 Å². The fourth-order valence-electron chi connectivity index (χ4n) is 1.72. The van der Waals surface area contributed by atoms with Crippen molar-refractivity contribution < 1.29 is 14.6 Å². The van der Waals surface area contributed by atoms with E-state index in [2.05, 4.69) is 4.98 Å². The van der Waals surface area contributed by atoms with Gasteiger partial charge < -0.3 is 19.0 Å². The molecule has 2 aromatic heterocycles. The second-order valence-electron chi connectivity index (χ2n) is 3.98. The van der Waals surface area contributed by atoms with Gasteiger partial charge in [-0.25, -0.2) is 9.78 Å². The highest BCUT2D eigenvalue weighted by Crippen LogP contribution is 2.09. The fraction of sp³-hybridized carbons (Fsp3) is 0.250. The third kappa shape index (κ3) is 2.49. The number of carboxylic acid groups (broad SMARTS) is 1. The van der Waals surface area contributed by atoms with Gasteiger partial charge in [0, 0.05) is 25.5 Å². The number of aromatic carboxylic acids is 1. The number of methoxy groups -OCH3 is 1. The van der Waals surface area contributed by atoms with Crippen molar-refractivity contribution in [2.75, 3.05) is 7.11 Å². The van der Waals surface area contributed by atoms with Crippen LogP contribution in [0.15, 0.2) is 29.5 Å². The molecular weight excluding hydrogens is 250 g/mol. The number of aryl methyl sites for hydroxylation is 1. The minimum atomic E-state index is -1.17. The highest BCUT2D eigenvalue weighted by molar-refractivity contribution is 5.85. The van der Waals surface area contributed by atoms with Gasteiger partial charge in [0.05, 0.1) is 19.9 Å². The number of carboxylic acids is 1. The van der Waals surface area contributed by atoms with Crippen LogP contribution in [0.1, 0.15) is 16.3 Å². The van der Waals surface area contributed by atoms with Crippen LogP contribution < -0.4 is 10.2 Å².